The summed E-state index contributed by atoms with van der Waals surface area (Å²) in [5, 5.41) is 5.63. The molecule has 7 heteroatoms. The summed E-state index contributed by atoms with van der Waals surface area (Å²) in [7, 11) is -3.64. The SMILES string of the molecule is CCNC1=NS(=O)(=O)N=C1NCC. The molecular formula is C6H12N4O2S. The molecule has 0 aromatic carbocycles. The summed E-state index contributed by atoms with van der Waals surface area (Å²) in [6.45, 7) is 4.94. The average molecular weight is 204 g/mol. The molecule has 0 aromatic rings. The van der Waals surface area contributed by atoms with E-state index in [-0.39, 0.29) is 0 Å². The molecule has 0 radical (unpaired) electrons. The molecule has 2 N–H and O–H groups in total. The summed E-state index contributed by atoms with van der Waals surface area (Å²) >= 11 is 0. The van der Waals surface area contributed by atoms with Crippen molar-refractivity contribution in [1.29, 1.82) is 0 Å². The molecule has 1 aliphatic heterocycles. The van der Waals surface area contributed by atoms with Crippen LogP contribution in [0.1, 0.15) is 13.8 Å². The Labute approximate surface area is 77.3 Å². The van der Waals surface area contributed by atoms with Gasteiger partial charge < -0.3 is 10.6 Å². The first-order valence-electron chi connectivity index (χ1n) is 4.02. The van der Waals surface area contributed by atoms with Gasteiger partial charge in [0.15, 0.2) is 11.7 Å². The van der Waals surface area contributed by atoms with Gasteiger partial charge >= 0.3 is 10.2 Å². The third-order valence-corrected chi connectivity index (χ3v) is 2.15. The van der Waals surface area contributed by atoms with Crippen LogP contribution in [0.2, 0.25) is 0 Å². The monoisotopic (exact) mass is 204 g/mol. The van der Waals surface area contributed by atoms with Crippen molar-refractivity contribution < 1.29 is 8.42 Å². The molecule has 0 bridgehead atoms. The van der Waals surface area contributed by atoms with Crippen molar-refractivity contribution in [3.05, 3.63) is 0 Å². The van der Waals surface area contributed by atoms with Crippen LogP contribution in [0.15, 0.2) is 8.80 Å². The lowest BCUT2D eigenvalue weighted by atomic mass is 10.5. The first-order chi connectivity index (χ1) is 6.09. The van der Waals surface area contributed by atoms with Crippen LogP contribution in [0, 0.1) is 0 Å². The first kappa shape index (κ1) is 9.97. The number of hydrogen-bond acceptors (Lipinski definition) is 4. The van der Waals surface area contributed by atoms with Gasteiger partial charge in [-0.3, -0.25) is 0 Å². The highest BCUT2D eigenvalue weighted by Crippen LogP contribution is 2.03. The standard InChI is InChI=1S/C6H12N4O2S/c1-3-7-5-6(8-4-2)10-13(11,12)9-5/h3-4H2,1-2H3,(H,7,9)(H,8,10). The van der Waals surface area contributed by atoms with Crippen LogP contribution in [0.25, 0.3) is 0 Å². The van der Waals surface area contributed by atoms with Crippen LogP contribution in [-0.2, 0) is 10.2 Å². The summed E-state index contributed by atoms with van der Waals surface area (Å²) in [5.41, 5.74) is 0. The molecule has 0 saturated carbocycles. The highest BCUT2D eigenvalue weighted by molar-refractivity contribution is 7.89. The second-order valence-corrected chi connectivity index (χ2v) is 3.65. The van der Waals surface area contributed by atoms with Crippen LogP contribution in [0.4, 0.5) is 0 Å². The zero-order chi connectivity index (χ0) is 9.90. The molecular weight excluding hydrogens is 192 g/mol. The Morgan fingerprint density at radius 2 is 1.46 bits per heavy atom. The molecule has 0 unspecified atom stereocenters. The molecule has 13 heavy (non-hydrogen) atoms. The van der Waals surface area contributed by atoms with Crippen molar-refractivity contribution >= 4 is 21.9 Å². The molecule has 0 amide bonds. The predicted octanol–water partition coefficient (Wildman–Crippen LogP) is -0.739. The number of hydrogen-bond donors (Lipinski definition) is 2. The van der Waals surface area contributed by atoms with E-state index >= 15 is 0 Å². The van der Waals surface area contributed by atoms with Gasteiger partial charge in [0, 0.05) is 13.1 Å². The second kappa shape index (κ2) is 3.73. The third kappa shape index (κ3) is 2.41. The molecule has 0 saturated heterocycles. The highest BCUT2D eigenvalue weighted by Gasteiger charge is 2.22. The maximum absolute atomic E-state index is 10.9. The van der Waals surface area contributed by atoms with Gasteiger partial charge in [-0.05, 0) is 13.8 Å². The van der Waals surface area contributed by atoms with E-state index in [0.29, 0.717) is 24.8 Å². The lowest BCUT2D eigenvalue weighted by Crippen LogP contribution is -2.38. The second-order valence-electron chi connectivity index (χ2n) is 2.39. The zero-order valence-corrected chi connectivity index (χ0v) is 8.35. The largest absolute Gasteiger partial charge is 0.367 e. The minimum atomic E-state index is -3.64. The van der Waals surface area contributed by atoms with Gasteiger partial charge in [-0.15, -0.1) is 8.80 Å². The Morgan fingerprint density at radius 1 is 1.08 bits per heavy atom. The van der Waals surface area contributed by atoms with Gasteiger partial charge in [-0.25, -0.2) is 0 Å². The Kier molecular flexibility index (Phi) is 2.86. The molecule has 0 aliphatic carbocycles. The fraction of sp³-hybridized carbons (Fsp3) is 0.667. The quantitative estimate of drug-likeness (QED) is 0.620. The van der Waals surface area contributed by atoms with Gasteiger partial charge in [0.05, 0.1) is 0 Å². The first-order valence-corrected chi connectivity index (χ1v) is 5.41. The molecule has 0 aromatic heterocycles. The average Bonchev–Trinajstić information content (AvgIpc) is 2.28. The molecule has 0 atom stereocenters. The van der Waals surface area contributed by atoms with E-state index in [1.165, 1.54) is 0 Å². The van der Waals surface area contributed by atoms with Crippen LogP contribution >= 0.6 is 0 Å². The minimum absolute atomic E-state index is 0.296. The fourth-order valence-electron chi connectivity index (χ4n) is 0.904. The molecule has 1 rings (SSSR count). The van der Waals surface area contributed by atoms with Crippen molar-refractivity contribution in [3.8, 4) is 0 Å². The van der Waals surface area contributed by atoms with Crippen LogP contribution in [-0.4, -0.2) is 33.2 Å². The predicted molar refractivity (Wildman–Crippen MR) is 51.1 cm³/mol. The summed E-state index contributed by atoms with van der Waals surface area (Å²) < 4.78 is 28.7. The lowest BCUT2D eigenvalue weighted by molar-refractivity contribution is 0.600. The van der Waals surface area contributed by atoms with Gasteiger partial charge in [0.1, 0.15) is 0 Å². The van der Waals surface area contributed by atoms with E-state index in [4.69, 9.17) is 0 Å². The van der Waals surface area contributed by atoms with E-state index in [0.717, 1.165) is 0 Å². The highest BCUT2D eigenvalue weighted by atomic mass is 32.2. The minimum Gasteiger partial charge on any atom is -0.367 e. The topological polar surface area (TPSA) is 82.9 Å². The number of amidine groups is 2. The number of nitrogens with zero attached hydrogens (tertiary/aromatic N) is 2. The van der Waals surface area contributed by atoms with E-state index in [1.54, 1.807) is 0 Å². The normalized spacial score (nSPS) is 19.2. The van der Waals surface area contributed by atoms with Crippen LogP contribution < -0.4 is 10.6 Å². The van der Waals surface area contributed by atoms with Crippen molar-refractivity contribution in [2.24, 2.45) is 8.80 Å². The van der Waals surface area contributed by atoms with Gasteiger partial charge in [0.2, 0.25) is 0 Å². The fourth-order valence-corrected chi connectivity index (χ4v) is 1.71. The molecule has 6 nitrogen and oxygen atoms in total. The maximum Gasteiger partial charge on any atom is 0.367 e. The van der Waals surface area contributed by atoms with Crippen molar-refractivity contribution in [2.75, 3.05) is 13.1 Å². The van der Waals surface area contributed by atoms with Crippen molar-refractivity contribution in [3.63, 3.8) is 0 Å². The van der Waals surface area contributed by atoms with E-state index < -0.39 is 10.2 Å². The third-order valence-electron chi connectivity index (χ3n) is 1.33. The smallest absolute Gasteiger partial charge is 0.367 e. The summed E-state index contributed by atoms with van der Waals surface area (Å²) in [6.07, 6.45) is 0. The number of rotatable bonds is 2. The summed E-state index contributed by atoms with van der Waals surface area (Å²) in [6, 6.07) is 0. The van der Waals surface area contributed by atoms with E-state index in [2.05, 4.69) is 19.4 Å². The molecule has 0 fully saturated rings. The number of nitrogens with one attached hydrogen (secondary N) is 2. The molecule has 1 aliphatic rings. The number of likely N-dealkylation sites (N-methyl/N-ethyl adjacent to an activating group) is 2. The lowest BCUT2D eigenvalue weighted by Gasteiger charge is -2.04. The molecule has 74 valence electrons. The van der Waals surface area contributed by atoms with E-state index in [1.807, 2.05) is 13.8 Å². The maximum atomic E-state index is 10.9. The van der Waals surface area contributed by atoms with Crippen molar-refractivity contribution in [2.45, 2.75) is 13.8 Å². The zero-order valence-electron chi connectivity index (χ0n) is 7.53. The van der Waals surface area contributed by atoms with Crippen LogP contribution in [0.5, 0.6) is 0 Å². The molecule has 1 heterocycles. The van der Waals surface area contributed by atoms with Gasteiger partial charge in [-0.2, -0.15) is 8.42 Å². The summed E-state index contributed by atoms with van der Waals surface area (Å²) in [5.74, 6) is 0.591. The Bertz CT molecular complexity index is 316. The van der Waals surface area contributed by atoms with Crippen molar-refractivity contribution in [1.82, 2.24) is 10.6 Å². The van der Waals surface area contributed by atoms with Gasteiger partial charge in [-0.1, -0.05) is 0 Å². The van der Waals surface area contributed by atoms with Gasteiger partial charge in [0.25, 0.3) is 0 Å². The Hall–Kier alpha value is -1.11. The summed E-state index contributed by atoms with van der Waals surface area (Å²) in [4.78, 5) is 0. The van der Waals surface area contributed by atoms with E-state index in [9.17, 15) is 8.42 Å². The van der Waals surface area contributed by atoms with Crippen LogP contribution in [0.3, 0.4) is 0 Å². The molecule has 0 spiro atoms. The Balaban J connectivity index is 2.88. The Morgan fingerprint density at radius 3 is 1.77 bits per heavy atom.